The monoisotopic (exact) mass is 462 g/mol. The molecule has 4 aromatic carbocycles. The van der Waals surface area contributed by atoms with Gasteiger partial charge in [-0.1, -0.05) is 60.7 Å². The predicted octanol–water partition coefficient (Wildman–Crippen LogP) is 7.40. The molecule has 34 heavy (non-hydrogen) atoms. The number of aryl methyl sites for hydroxylation is 1. The summed E-state index contributed by atoms with van der Waals surface area (Å²) in [6.45, 7) is 2.03. The maximum Gasteiger partial charge on any atom is 0.573 e. The lowest BCUT2D eigenvalue weighted by Crippen LogP contribution is -2.34. The van der Waals surface area contributed by atoms with Crippen molar-refractivity contribution in [2.75, 3.05) is 7.11 Å². The molecule has 0 saturated heterocycles. The van der Waals surface area contributed by atoms with Crippen LogP contribution in [0.3, 0.4) is 0 Å². The first kappa shape index (κ1) is 21.9. The number of hydrogen-bond acceptors (Lipinski definition) is 3. The van der Waals surface area contributed by atoms with Crippen molar-refractivity contribution in [3.05, 3.63) is 107 Å². The molecular weight excluding hydrogens is 441 g/mol. The Labute approximate surface area is 195 Å². The molecule has 0 spiro atoms. The molecule has 1 aliphatic heterocycles. The number of halogens is 3. The molecule has 1 atom stereocenters. The zero-order chi connectivity index (χ0) is 23.9. The van der Waals surface area contributed by atoms with Gasteiger partial charge in [-0.2, -0.15) is 0 Å². The molecule has 1 aliphatic rings. The summed E-state index contributed by atoms with van der Waals surface area (Å²) in [4.78, 5) is 0. The van der Waals surface area contributed by atoms with Crippen molar-refractivity contribution in [2.24, 2.45) is 0 Å². The van der Waals surface area contributed by atoms with E-state index in [1.807, 2.05) is 67.6 Å². The highest BCUT2D eigenvalue weighted by molar-refractivity contribution is 5.94. The quantitative estimate of drug-likeness (QED) is 0.316. The van der Waals surface area contributed by atoms with Crippen molar-refractivity contribution in [2.45, 2.75) is 18.9 Å². The van der Waals surface area contributed by atoms with Crippen LogP contribution in [0.4, 0.5) is 13.2 Å². The van der Waals surface area contributed by atoms with Crippen LogP contribution in [0.15, 0.2) is 84.9 Å². The fraction of sp³-hybridized carbons (Fsp3) is 0.143. The smallest absolute Gasteiger partial charge is 0.497 e. The summed E-state index contributed by atoms with van der Waals surface area (Å²) < 4.78 is 54.3. The lowest BCUT2D eigenvalue weighted by atomic mass is 9.82. The van der Waals surface area contributed by atoms with E-state index in [1.165, 1.54) is 12.1 Å². The Morgan fingerprint density at radius 3 is 2.06 bits per heavy atom. The normalized spacial score (nSPS) is 17.2. The van der Waals surface area contributed by atoms with Gasteiger partial charge in [-0.15, -0.1) is 13.2 Å². The largest absolute Gasteiger partial charge is 0.573 e. The van der Waals surface area contributed by atoms with Gasteiger partial charge in [0.05, 0.1) is 7.11 Å². The molecule has 4 aromatic rings. The maximum absolute atomic E-state index is 12.7. The second kappa shape index (κ2) is 8.13. The Morgan fingerprint density at radius 2 is 1.44 bits per heavy atom. The summed E-state index contributed by atoms with van der Waals surface area (Å²) in [5, 5.41) is 2.01. The van der Waals surface area contributed by atoms with E-state index in [0.29, 0.717) is 11.3 Å². The van der Waals surface area contributed by atoms with E-state index in [9.17, 15) is 13.2 Å². The van der Waals surface area contributed by atoms with E-state index in [-0.39, 0.29) is 5.75 Å². The van der Waals surface area contributed by atoms with Crippen LogP contribution in [0, 0.1) is 6.92 Å². The van der Waals surface area contributed by atoms with Crippen molar-refractivity contribution in [1.29, 1.82) is 0 Å². The van der Waals surface area contributed by atoms with Crippen LogP contribution in [-0.2, 0) is 5.60 Å². The van der Waals surface area contributed by atoms with Gasteiger partial charge in [-0.05, 0) is 48.2 Å². The number of methoxy groups -OCH3 is 1. The van der Waals surface area contributed by atoms with E-state index >= 15 is 0 Å². The third kappa shape index (κ3) is 3.85. The van der Waals surface area contributed by atoms with E-state index < -0.39 is 12.0 Å². The van der Waals surface area contributed by atoms with Gasteiger partial charge in [0.25, 0.3) is 0 Å². The average Bonchev–Trinajstić information content (AvgIpc) is 2.83. The van der Waals surface area contributed by atoms with E-state index in [4.69, 9.17) is 9.47 Å². The highest BCUT2D eigenvalue weighted by Gasteiger charge is 2.38. The van der Waals surface area contributed by atoms with Crippen LogP contribution < -0.4 is 14.2 Å². The molecule has 0 saturated carbocycles. The fourth-order valence-electron chi connectivity index (χ4n) is 4.40. The van der Waals surface area contributed by atoms with E-state index in [1.54, 1.807) is 19.2 Å². The van der Waals surface area contributed by atoms with Crippen molar-refractivity contribution in [3.63, 3.8) is 0 Å². The van der Waals surface area contributed by atoms with Gasteiger partial charge in [-0.3, -0.25) is 0 Å². The maximum atomic E-state index is 12.7. The minimum atomic E-state index is -4.76. The topological polar surface area (TPSA) is 27.7 Å². The Balaban J connectivity index is 1.68. The average molecular weight is 462 g/mol. The molecular formula is C28H21F3O3. The van der Waals surface area contributed by atoms with E-state index in [0.717, 1.165) is 33.2 Å². The third-order valence-electron chi connectivity index (χ3n) is 6.03. The second-order valence-electron chi connectivity index (χ2n) is 8.13. The summed E-state index contributed by atoms with van der Waals surface area (Å²) in [7, 11) is 1.59. The number of ether oxygens (including phenoxy) is 3. The van der Waals surface area contributed by atoms with Gasteiger partial charge < -0.3 is 14.2 Å². The predicted molar refractivity (Wildman–Crippen MR) is 125 cm³/mol. The van der Waals surface area contributed by atoms with Crippen LogP contribution in [0.25, 0.3) is 16.8 Å². The second-order valence-corrected chi connectivity index (χ2v) is 8.13. The SMILES string of the molecule is COc1ccc(C2(c3ccc(OC(F)(F)F)cc3)C=Cc3c(C)cc4ccccc4c3O2)cc1. The van der Waals surface area contributed by atoms with Gasteiger partial charge in [0, 0.05) is 22.1 Å². The van der Waals surface area contributed by atoms with Crippen LogP contribution in [0.1, 0.15) is 22.3 Å². The molecule has 0 radical (unpaired) electrons. The van der Waals surface area contributed by atoms with Crippen LogP contribution in [-0.4, -0.2) is 13.5 Å². The molecule has 172 valence electrons. The van der Waals surface area contributed by atoms with Gasteiger partial charge in [0.15, 0.2) is 5.60 Å². The molecule has 0 bridgehead atoms. The summed E-state index contributed by atoms with van der Waals surface area (Å²) in [5.41, 5.74) is 2.46. The third-order valence-corrected chi connectivity index (χ3v) is 6.03. The minimum absolute atomic E-state index is 0.289. The minimum Gasteiger partial charge on any atom is -0.497 e. The van der Waals surface area contributed by atoms with Crippen LogP contribution in [0.2, 0.25) is 0 Å². The van der Waals surface area contributed by atoms with Crippen LogP contribution >= 0.6 is 0 Å². The van der Waals surface area contributed by atoms with Crippen molar-refractivity contribution < 1.29 is 27.4 Å². The molecule has 1 unspecified atom stereocenters. The molecule has 0 fully saturated rings. The molecule has 0 aliphatic carbocycles. The van der Waals surface area contributed by atoms with Gasteiger partial charge in [-0.25, -0.2) is 0 Å². The molecule has 0 amide bonds. The lowest BCUT2D eigenvalue weighted by molar-refractivity contribution is -0.274. The zero-order valence-corrected chi connectivity index (χ0v) is 18.5. The Hall–Kier alpha value is -3.93. The zero-order valence-electron chi connectivity index (χ0n) is 18.5. The van der Waals surface area contributed by atoms with Crippen LogP contribution in [0.5, 0.6) is 17.2 Å². The highest BCUT2D eigenvalue weighted by atomic mass is 19.4. The number of benzene rings is 4. The number of fused-ring (bicyclic) bond motifs is 3. The number of alkyl halides is 3. The first-order valence-electron chi connectivity index (χ1n) is 10.7. The summed E-state index contributed by atoms with van der Waals surface area (Å²) in [6, 6.07) is 23.3. The molecule has 5 rings (SSSR count). The van der Waals surface area contributed by atoms with Gasteiger partial charge >= 0.3 is 6.36 Å². The first-order chi connectivity index (χ1) is 16.3. The van der Waals surface area contributed by atoms with Crippen molar-refractivity contribution >= 4 is 16.8 Å². The summed E-state index contributed by atoms with van der Waals surface area (Å²) >= 11 is 0. The molecule has 3 nitrogen and oxygen atoms in total. The van der Waals surface area contributed by atoms with E-state index in [2.05, 4.69) is 10.8 Å². The number of rotatable bonds is 4. The standard InChI is InChI=1S/C28H21F3O3/c1-18-17-19-5-3-4-6-25(19)26-24(18)15-16-27(34-26,20-7-11-22(32-2)12-8-20)21-9-13-23(14-10-21)33-28(29,30)31/h3-17H,1-2H3. The lowest BCUT2D eigenvalue weighted by Gasteiger charge is -2.37. The summed E-state index contributed by atoms with van der Waals surface area (Å²) in [6.07, 6.45) is -0.796. The summed E-state index contributed by atoms with van der Waals surface area (Å²) in [5.74, 6) is 1.13. The Morgan fingerprint density at radius 1 is 0.824 bits per heavy atom. The highest BCUT2D eigenvalue weighted by Crippen LogP contribution is 2.46. The molecule has 1 heterocycles. The Bertz CT molecular complexity index is 1370. The number of hydrogen-bond donors (Lipinski definition) is 0. The molecule has 6 heteroatoms. The van der Waals surface area contributed by atoms with Gasteiger partial charge in [0.2, 0.25) is 0 Å². The fourth-order valence-corrected chi connectivity index (χ4v) is 4.40. The molecule has 0 N–H and O–H groups in total. The Kier molecular flexibility index (Phi) is 5.24. The molecule has 0 aromatic heterocycles. The van der Waals surface area contributed by atoms with Crippen molar-refractivity contribution in [3.8, 4) is 17.2 Å². The van der Waals surface area contributed by atoms with Gasteiger partial charge in [0.1, 0.15) is 17.2 Å². The first-order valence-corrected chi connectivity index (χ1v) is 10.7. The van der Waals surface area contributed by atoms with Crippen molar-refractivity contribution in [1.82, 2.24) is 0 Å².